The minimum atomic E-state index is 0.544. The highest BCUT2D eigenvalue weighted by atomic mass is 16.6. The highest BCUT2D eigenvalue weighted by molar-refractivity contribution is 5.27. The predicted molar refractivity (Wildman–Crippen MR) is 127 cm³/mol. The van der Waals surface area contributed by atoms with Crippen LogP contribution in [0, 0.1) is 0 Å². The minimum Gasteiger partial charge on any atom is -0.491 e. The molecule has 0 heterocycles. The monoisotopic (exact) mass is 428 g/mol. The zero-order valence-corrected chi connectivity index (χ0v) is 19.2. The molecule has 0 unspecified atom stereocenters. The maximum absolute atomic E-state index is 5.75. The summed E-state index contributed by atoms with van der Waals surface area (Å²) < 4.78 is 22.4. The van der Waals surface area contributed by atoms with E-state index in [2.05, 4.69) is 31.2 Å². The van der Waals surface area contributed by atoms with E-state index in [1.54, 1.807) is 0 Å². The molecule has 0 fully saturated rings. The number of para-hydroxylation sites is 1. The lowest BCUT2D eigenvalue weighted by Gasteiger charge is -2.09. The molecule has 0 aliphatic carbocycles. The van der Waals surface area contributed by atoms with Crippen molar-refractivity contribution in [2.45, 2.75) is 58.3 Å². The molecule has 0 N–H and O–H groups in total. The molecule has 4 nitrogen and oxygen atoms in total. The Morgan fingerprint density at radius 1 is 0.516 bits per heavy atom. The van der Waals surface area contributed by atoms with Crippen molar-refractivity contribution in [3.8, 4) is 11.5 Å². The van der Waals surface area contributed by atoms with Crippen LogP contribution in [0.3, 0.4) is 0 Å². The van der Waals surface area contributed by atoms with Crippen LogP contribution in [0.5, 0.6) is 11.5 Å². The molecule has 31 heavy (non-hydrogen) atoms. The third kappa shape index (κ3) is 13.1. The molecule has 0 saturated heterocycles. The normalized spacial score (nSPS) is 10.9. The van der Waals surface area contributed by atoms with Gasteiger partial charge in [-0.15, -0.1) is 0 Å². The number of aryl methyl sites for hydroxylation is 1. The van der Waals surface area contributed by atoms with Crippen LogP contribution in [0.25, 0.3) is 0 Å². The van der Waals surface area contributed by atoms with Crippen LogP contribution in [0.1, 0.15) is 57.4 Å². The first kappa shape index (κ1) is 25.2. The van der Waals surface area contributed by atoms with Gasteiger partial charge in [0.25, 0.3) is 0 Å². The Kier molecular flexibility index (Phi) is 14.3. The summed E-state index contributed by atoms with van der Waals surface area (Å²) in [5, 5.41) is 0. The second-order valence-electron chi connectivity index (χ2n) is 7.75. The molecule has 4 heteroatoms. The van der Waals surface area contributed by atoms with E-state index in [4.69, 9.17) is 18.9 Å². The second-order valence-corrected chi connectivity index (χ2v) is 7.75. The van der Waals surface area contributed by atoms with Crippen molar-refractivity contribution in [2.24, 2.45) is 0 Å². The van der Waals surface area contributed by atoms with Crippen LogP contribution in [0.4, 0.5) is 0 Å². The Balaban J connectivity index is 1.39. The van der Waals surface area contributed by atoms with Gasteiger partial charge in [0.1, 0.15) is 24.7 Å². The van der Waals surface area contributed by atoms with Gasteiger partial charge in [0.2, 0.25) is 0 Å². The highest BCUT2D eigenvalue weighted by Gasteiger charge is 1.98. The third-order valence-corrected chi connectivity index (χ3v) is 5.10. The van der Waals surface area contributed by atoms with Gasteiger partial charge in [-0.3, -0.25) is 0 Å². The summed E-state index contributed by atoms with van der Waals surface area (Å²) in [6.45, 7) is 5.60. The summed E-state index contributed by atoms with van der Waals surface area (Å²) in [5.41, 5.74) is 1.39. The molecule has 0 spiro atoms. The fourth-order valence-electron chi connectivity index (χ4n) is 3.31. The van der Waals surface area contributed by atoms with Gasteiger partial charge in [0.05, 0.1) is 26.4 Å². The van der Waals surface area contributed by atoms with Gasteiger partial charge in [-0.1, -0.05) is 75.8 Å². The van der Waals surface area contributed by atoms with Gasteiger partial charge in [-0.05, 0) is 42.7 Å². The van der Waals surface area contributed by atoms with Crippen molar-refractivity contribution in [1.29, 1.82) is 0 Å². The zero-order chi connectivity index (χ0) is 21.8. The van der Waals surface area contributed by atoms with Gasteiger partial charge in [0, 0.05) is 0 Å². The third-order valence-electron chi connectivity index (χ3n) is 5.10. The van der Waals surface area contributed by atoms with Crippen LogP contribution in [-0.2, 0) is 15.9 Å². The molecule has 172 valence electrons. The Labute approximate surface area is 188 Å². The lowest BCUT2D eigenvalue weighted by atomic mass is 10.0. The summed E-state index contributed by atoms with van der Waals surface area (Å²) in [7, 11) is 0. The fourth-order valence-corrected chi connectivity index (χ4v) is 3.31. The molecule has 0 bridgehead atoms. The molecular formula is C27H40O4. The Morgan fingerprint density at radius 3 is 1.65 bits per heavy atom. The summed E-state index contributed by atoms with van der Waals surface area (Å²) in [5.74, 6) is 1.77. The van der Waals surface area contributed by atoms with E-state index in [-0.39, 0.29) is 0 Å². The van der Waals surface area contributed by atoms with Crippen molar-refractivity contribution in [3.05, 3.63) is 60.2 Å². The average molecular weight is 429 g/mol. The lowest BCUT2D eigenvalue weighted by molar-refractivity contribution is 0.0273. The fraction of sp³-hybridized carbons (Fsp3) is 0.556. The molecule has 0 aromatic heterocycles. The van der Waals surface area contributed by atoms with E-state index >= 15 is 0 Å². The van der Waals surface area contributed by atoms with Gasteiger partial charge in [0.15, 0.2) is 0 Å². The maximum Gasteiger partial charge on any atom is 0.119 e. The van der Waals surface area contributed by atoms with Crippen molar-refractivity contribution in [3.63, 3.8) is 0 Å². The summed E-state index contributed by atoms with van der Waals surface area (Å²) in [4.78, 5) is 0. The Hall–Kier alpha value is -2.04. The number of ether oxygens (including phenoxy) is 4. The van der Waals surface area contributed by atoms with E-state index < -0.39 is 0 Å². The molecule has 0 aliphatic heterocycles. The molecular weight excluding hydrogens is 388 g/mol. The smallest absolute Gasteiger partial charge is 0.119 e. The number of rotatable bonds is 19. The highest BCUT2D eigenvalue weighted by Crippen LogP contribution is 2.15. The van der Waals surface area contributed by atoms with E-state index in [0.29, 0.717) is 39.6 Å². The van der Waals surface area contributed by atoms with E-state index in [9.17, 15) is 0 Å². The maximum atomic E-state index is 5.75. The standard InChI is InChI=1S/C27H40O4/c1-2-3-4-5-6-7-9-12-25-15-17-27(18-16-25)31-24-22-29-20-19-28-21-23-30-26-13-10-8-11-14-26/h8,10-11,13-18H,2-7,9,12,19-24H2,1H3. The van der Waals surface area contributed by atoms with Gasteiger partial charge in [-0.25, -0.2) is 0 Å². The Bertz CT molecular complexity index is 642. The first-order valence-electron chi connectivity index (χ1n) is 11.9. The van der Waals surface area contributed by atoms with Crippen molar-refractivity contribution < 1.29 is 18.9 Å². The van der Waals surface area contributed by atoms with E-state index in [1.807, 2.05) is 30.3 Å². The minimum absolute atomic E-state index is 0.544. The predicted octanol–water partition coefficient (Wildman–Crippen LogP) is 6.47. The quantitative estimate of drug-likeness (QED) is 0.240. The van der Waals surface area contributed by atoms with Crippen molar-refractivity contribution in [2.75, 3.05) is 39.6 Å². The first-order valence-corrected chi connectivity index (χ1v) is 11.9. The molecule has 2 aromatic rings. The average Bonchev–Trinajstić information content (AvgIpc) is 2.81. The molecule has 2 rings (SSSR count). The van der Waals surface area contributed by atoms with E-state index in [0.717, 1.165) is 17.9 Å². The summed E-state index contributed by atoms with van der Waals surface area (Å²) >= 11 is 0. The first-order chi connectivity index (χ1) is 15.4. The van der Waals surface area contributed by atoms with Gasteiger partial charge in [-0.2, -0.15) is 0 Å². The Morgan fingerprint density at radius 2 is 1.03 bits per heavy atom. The number of unbranched alkanes of at least 4 members (excludes halogenated alkanes) is 6. The van der Waals surface area contributed by atoms with Crippen LogP contribution in [0.15, 0.2) is 54.6 Å². The van der Waals surface area contributed by atoms with Crippen molar-refractivity contribution in [1.82, 2.24) is 0 Å². The number of hydrogen-bond donors (Lipinski definition) is 0. The topological polar surface area (TPSA) is 36.9 Å². The van der Waals surface area contributed by atoms with Gasteiger partial charge < -0.3 is 18.9 Å². The molecule has 0 aliphatic rings. The number of benzene rings is 2. The molecule has 0 saturated carbocycles. The van der Waals surface area contributed by atoms with Crippen LogP contribution < -0.4 is 9.47 Å². The lowest BCUT2D eigenvalue weighted by Crippen LogP contribution is -2.13. The largest absolute Gasteiger partial charge is 0.491 e. The SMILES string of the molecule is CCCCCCCCCc1ccc(OCCOCCOCCOc2ccccc2)cc1. The number of hydrogen-bond acceptors (Lipinski definition) is 4. The van der Waals surface area contributed by atoms with Crippen molar-refractivity contribution >= 4 is 0 Å². The zero-order valence-electron chi connectivity index (χ0n) is 19.2. The summed E-state index contributed by atoms with van der Waals surface area (Å²) in [6.07, 6.45) is 10.6. The van der Waals surface area contributed by atoms with Crippen LogP contribution in [0.2, 0.25) is 0 Å². The molecule has 0 amide bonds. The van der Waals surface area contributed by atoms with Crippen LogP contribution in [-0.4, -0.2) is 39.6 Å². The second kappa shape index (κ2) is 17.6. The molecule has 0 radical (unpaired) electrons. The molecule has 0 atom stereocenters. The van der Waals surface area contributed by atoms with Crippen LogP contribution >= 0.6 is 0 Å². The van der Waals surface area contributed by atoms with Gasteiger partial charge >= 0.3 is 0 Å². The molecule has 2 aromatic carbocycles. The van der Waals surface area contributed by atoms with E-state index in [1.165, 1.54) is 50.5 Å². The summed E-state index contributed by atoms with van der Waals surface area (Å²) in [6, 6.07) is 18.2.